The number of hydrogen-bond donors (Lipinski definition) is 4. The number of nitrogens with one attached hydrogen (secondary N) is 3. The van der Waals surface area contributed by atoms with E-state index in [2.05, 4.69) is 20.6 Å². The van der Waals surface area contributed by atoms with Crippen LogP contribution in [0.2, 0.25) is 5.02 Å². The van der Waals surface area contributed by atoms with Gasteiger partial charge in [0, 0.05) is 30.9 Å². The lowest BCUT2D eigenvalue weighted by Gasteiger charge is -2.11. The average Bonchev–Trinajstić information content (AvgIpc) is 3.03. The van der Waals surface area contributed by atoms with Crippen molar-refractivity contribution in [1.29, 1.82) is 0 Å². The molecule has 0 saturated heterocycles. The second-order valence-corrected chi connectivity index (χ2v) is 5.92. The molecule has 0 atom stereocenters. The number of pyridine rings is 1. The summed E-state index contributed by atoms with van der Waals surface area (Å²) in [5.41, 5.74) is 9.38. The summed E-state index contributed by atoms with van der Waals surface area (Å²) in [7, 11) is 0. The largest absolute Gasteiger partial charge is 0.398 e. The summed E-state index contributed by atoms with van der Waals surface area (Å²) < 4.78 is 0. The Morgan fingerprint density at radius 3 is 2.87 bits per heavy atom. The standard InChI is InChI=1S/C16H16ClN5S/c17-13-2-1-10(7-14(13)18)8-21-16(23)22-9-11-3-5-19-15-12(11)4-6-20-15/h1-7H,8-9,18H2,(H,19,20)(H2,21,22,23). The third kappa shape index (κ3) is 3.72. The van der Waals surface area contributed by atoms with Gasteiger partial charge >= 0.3 is 0 Å². The molecular weight excluding hydrogens is 330 g/mol. The van der Waals surface area contributed by atoms with Crippen LogP contribution in [-0.2, 0) is 13.1 Å². The molecule has 23 heavy (non-hydrogen) atoms. The van der Waals surface area contributed by atoms with Crippen molar-refractivity contribution < 1.29 is 0 Å². The fourth-order valence-electron chi connectivity index (χ4n) is 2.30. The Bertz CT molecular complexity index is 845. The summed E-state index contributed by atoms with van der Waals surface area (Å²) in [4.78, 5) is 7.36. The van der Waals surface area contributed by atoms with Crippen LogP contribution in [0.4, 0.5) is 5.69 Å². The van der Waals surface area contributed by atoms with Crippen molar-refractivity contribution in [3.63, 3.8) is 0 Å². The molecule has 0 aliphatic carbocycles. The number of rotatable bonds is 4. The van der Waals surface area contributed by atoms with Crippen LogP contribution in [0.25, 0.3) is 11.0 Å². The van der Waals surface area contributed by atoms with Crippen molar-refractivity contribution in [2.45, 2.75) is 13.1 Å². The lowest BCUT2D eigenvalue weighted by molar-refractivity contribution is 0.836. The Morgan fingerprint density at radius 2 is 2.04 bits per heavy atom. The van der Waals surface area contributed by atoms with Crippen LogP contribution in [0.3, 0.4) is 0 Å². The second kappa shape index (κ2) is 6.85. The van der Waals surface area contributed by atoms with Gasteiger partial charge in [0.1, 0.15) is 5.65 Å². The van der Waals surface area contributed by atoms with Crippen LogP contribution in [0.1, 0.15) is 11.1 Å². The van der Waals surface area contributed by atoms with Gasteiger partial charge in [-0.05, 0) is 47.6 Å². The smallest absolute Gasteiger partial charge is 0.166 e. The number of aromatic nitrogens is 2. The van der Waals surface area contributed by atoms with Crippen molar-refractivity contribution >= 4 is 45.7 Å². The molecule has 1 aromatic carbocycles. The van der Waals surface area contributed by atoms with Crippen molar-refractivity contribution in [3.05, 3.63) is 58.9 Å². The molecule has 0 aliphatic heterocycles. The summed E-state index contributed by atoms with van der Waals surface area (Å²) in [5, 5.41) is 8.59. The van der Waals surface area contributed by atoms with Crippen LogP contribution >= 0.6 is 23.8 Å². The molecule has 5 N–H and O–H groups in total. The maximum Gasteiger partial charge on any atom is 0.166 e. The molecule has 3 rings (SSSR count). The number of nitrogens with zero attached hydrogens (tertiary/aromatic N) is 1. The monoisotopic (exact) mass is 345 g/mol. The summed E-state index contributed by atoms with van der Waals surface area (Å²) in [6.45, 7) is 1.22. The molecule has 118 valence electrons. The van der Waals surface area contributed by atoms with Gasteiger partial charge in [-0.15, -0.1) is 0 Å². The van der Waals surface area contributed by atoms with Gasteiger partial charge in [0.15, 0.2) is 5.11 Å². The molecule has 0 spiro atoms. The minimum atomic E-state index is 0.558. The lowest BCUT2D eigenvalue weighted by atomic mass is 10.2. The highest BCUT2D eigenvalue weighted by molar-refractivity contribution is 7.80. The van der Waals surface area contributed by atoms with Crippen molar-refractivity contribution in [1.82, 2.24) is 20.6 Å². The molecule has 0 radical (unpaired) electrons. The van der Waals surface area contributed by atoms with Crippen molar-refractivity contribution in [2.75, 3.05) is 5.73 Å². The van der Waals surface area contributed by atoms with Gasteiger partial charge in [-0.25, -0.2) is 4.98 Å². The predicted molar refractivity (Wildman–Crippen MR) is 98.2 cm³/mol. The van der Waals surface area contributed by atoms with E-state index in [0.717, 1.165) is 22.2 Å². The predicted octanol–water partition coefficient (Wildman–Crippen LogP) is 2.96. The molecule has 0 bridgehead atoms. The van der Waals surface area contributed by atoms with Crippen LogP contribution < -0.4 is 16.4 Å². The van der Waals surface area contributed by atoms with E-state index in [1.54, 1.807) is 12.3 Å². The van der Waals surface area contributed by atoms with Crippen molar-refractivity contribution in [3.8, 4) is 0 Å². The Kier molecular flexibility index (Phi) is 4.64. The number of halogens is 1. The summed E-state index contributed by atoms with van der Waals surface area (Å²) in [6, 6.07) is 9.52. The summed E-state index contributed by atoms with van der Waals surface area (Å²) >= 11 is 11.2. The van der Waals surface area contributed by atoms with E-state index in [0.29, 0.717) is 28.9 Å². The maximum absolute atomic E-state index is 5.91. The third-order valence-corrected chi connectivity index (χ3v) is 4.14. The zero-order chi connectivity index (χ0) is 16.2. The van der Waals surface area contributed by atoms with Gasteiger partial charge in [-0.2, -0.15) is 0 Å². The molecule has 0 unspecified atom stereocenters. The molecule has 7 heteroatoms. The number of H-pyrrole nitrogens is 1. The molecule has 0 amide bonds. The zero-order valence-corrected chi connectivity index (χ0v) is 13.8. The normalized spacial score (nSPS) is 10.7. The Morgan fingerprint density at radius 1 is 1.22 bits per heavy atom. The molecule has 0 fully saturated rings. The minimum Gasteiger partial charge on any atom is -0.398 e. The topological polar surface area (TPSA) is 78.8 Å². The van der Waals surface area contributed by atoms with Gasteiger partial charge in [0.25, 0.3) is 0 Å². The summed E-state index contributed by atoms with van der Waals surface area (Å²) in [6.07, 6.45) is 3.66. The first kappa shape index (κ1) is 15.6. The van der Waals surface area contributed by atoms with Crippen LogP contribution in [0, 0.1) is 0 Å². The lowest BCUT2D eigenvalue weighted by Crippen LogP contribution is -2.34. The Balaban J connectivity index is 1.55. The fraction of sp³-hybridized carbons (Fsp3) is 0.125. The number of benzene rings is 1. The number of nitrogen functional groups attached to an aromatic ring is 1. The highest BCUT2D eigenvalue weighted by Crippen LogP contribution is 2.19. The molecule has 5 nitrogen and oxygen atoms in total. The number of thiocarbonyl (C=S) groups is 1. The highest BCUT2D eigenvalue weighted by atomic mass is 35.5. The highest BCUT2D eigenvalue weighted by Gasteiger charge is 2.04. The number of fused-ring (bicyclic) bond motifs is 1. The maximum atomic E-state index is 5.91. The van der Waals surface area contributed by atoms with Crippen LogP contribution in [0.5, 0.6) is 0 Å². The Hall–Kier alpha value is -2.31. The minimum absolute atomic E-state index is 0.558. The SMILES string of the molecule is Nc1cc(CNC(=S)NCc2ccnc3[nH]ccc23)ccc1Cl. The zero-order valence-electron chi connectivity index (χ0n) is 12.3. The first-order valence-corrected chi connectivity index (χ1v) is 7.88. The number of anilines is 1. The van der Waals surface area contributed by atoms with Crippen molar-refractivity contribution in [2.24, 2.45) is 0 Å². The molecule has 0 saturated carbocycles. The van der Waals surface area contributed by atoms with E-state index in [-0.39, 0.29) is 0 Å². The third-order valence-electron chi connectivity index (χ3n) is 3.50. The molecule has 2 aromatic heterocycles. The quantitative estimate of drug-likeness (QED) is 0.432. The van der Waals surface area contributed by atoms with E-state index >= 15 is 0 Å². The van der Waals surface area contributed by atoms with Crippen LogP contribution in [0.15, 0.2) is 42.7 Å². The Labute approximate surface area is 144 Å². The summed E-state index contributed by atoms with van der Waals surface area (Å²) in [5.74, 6) is 0. The average molecular weight is 346 g/mol. The fourth-order valence-corrected chi connectivity index (χ4v) is 2.56. The number of hydrogen-bond acceptors (Lipinski definition) is 3. The van der Waals surface area contributed by atoms with E-state index in [9.17, 15) is 0 Å². The molecular formula is C16H16ClN5S. The van der Waals surface area contributed by atoms with E-state index in [1.165, 1.54) is 0 Å². The molecule has 2 heterocycles. The van der Waals surface area contributed by atoms with Gasteiger partial charge in [-0.1, -0.05) is 17.7 Å². The second-order valence-electron chi connectivity index (χ2n) is 5.10. The number of aromatic amines is 1. The van der Waals surface area contributed by atoms with E-state index < -0.39 is 0 Å². The van der Waals surface area contributed by atoms with E-state index in [4.69, 9.17) is 29.6 Å². The van der Waals surface area contributed by atoms with Gasteiger partial charge in [-0.3, -0.25) is 0 Å². The van der Waals surface area contributed by atoms with Gasteiger partial charge < -0.3 is 21.4 Å². The van der Waals surface area contributed by atoms with Gasteiger partial charge in [0.05, 0.1) is 10.7 Å². The molecule has 3 aromatic rings. The number of nitrogens with two attached hydrogens (primary N) is 1. The first-order chi connectivity index (χ1) is 11.1. The first-order valence-electron chi connectivity index (χ1n) is 7.10. The van der Waals surface area contributed by atoms with Gasteiger partial charge in [0.2, 0.25) is 0 Å². The van der Waals surface area contributed by atoms with Crippen LogP contribution in [-0.4, -0.2) is 15.1 Å². The van der Waals surface area contributed by atoms with E-state index in [1.807, 2.05) is 30.5 Å². The molecule has 0 aliphatic rings.